The Bertz CT molecular complexity index is 3180. The number of fused-ring (bicyclic) bond motifs is 6. The molecular formula is C65H74N2O4. The minimum absolute atomic E-state index is 0.0490. The van der Waals surface area contributed by atoms with Crippen LogP contribution in [-0.2, 0) is 26.4 Å². The highest BCUT2D eigenvalue weighted by molar-refractivity contribution is 6.11. The summed E-state index contributed by atoms with van der Waals surface area (Å²) in [6.45, 7) is 36.5. The molecule has 0 aliphatic rings. The number of rotatable bonds is 9. The first kappa shape index (κ1) is 49.5. The van der Waals surface area contributed by atoms with Crippen molar-refractivity contribution in [3.63, 3.8) is 0 Å². The first-order valence-electron chi connectivity index (χ1n) is 25.5. The van der Waals surface area contributed by atoms with Crippen LogP contribution in [0.1, 0.15) is 129 Å². The maximum Gasteiger partial charge on any atom is 0.147 e. The molecule has 0 saturated carbocycles. The molecule has 71 heavy (non-hydrogen) atoms. The van der Waals surface area contributed by atoms with E-state index in [0.29, 0.717) is 41.5 Å². The molecule has 0 aliphatic heterocycles. The van der Waals surface area contributed by atoms with Gasteiger partial charge in [-0.3, -0.25) is 0 Å². The normalized spacial score (nSPS) is 12.8. The van der Waals surface area contributed by atoms with Gasteiger partial charge in [-0.1, -0.05) is 107 Å². The summed E-state index contributed by atoms with van der Waals surface area (Å²) in [5.74, 6) is 0.848. The van der Waals surface area contributed by atoms with Crippen LogP contribution in [0.4, 0.5) is 0 Å². The van der Waals surface area contributed by atoms with Gasteiger partial charge in [0.2, 0.25) is 0 Å². The summed E-state index contributed by atoms with van der Waals surface area (Å²) in [7, 11) is 0. The van der Waals surface area contributed by atoms with Crippen molar-refractivity contribution in [3.8, 4) is 50.9 Å². The van der Waals surface area contributed by atoms with Crippen LogP contribution in [0.5, 0.6) is 17.2 Å². The number of hydrogen-bond acceptors (Lipinski definition) is 4. The number of phenolic OH excluding ortho intramolecular Hbond substituents is 2. The van der Waals surface area contributed by atoms with E-state index >= 15 is 0 Å². The third-order valence-electron chi connectivity index (χ3n) is 14.4. The molecule has 0 saturated heterocycles. The summed E-state index contributed by atoms with van der Waals surface area (Å²) < 4.78 is 17.2. The summed E-state index contributed by atoms with van der Waals surface area (Å²) in [5, 5.41) is 30.5. The second-order valence-electron chi connectivity index (χ2n) is 24.2. The molecule has 0 radical (unpaired) electrons. The molecule has 2 aromatic heterocycles. The number of phenols is 2. The number of hydrogen-bond donors (Lipinski definition) is 2. The maximum atomic E-state index is 13.0. The van der Waals surface area contributed by atoms with Crippen LogP contribution in [0.3, 0.4) is 0 Å². The Labute approximate surface area is 421 Å². The Morgan fingerprint density at radius 3 is 0.986 bits per heavy atom. The smallest absolute Gasteiger partial charge is 0.147 e. The number of ether oxygens (including phenoxy) is 2. The van der Waals surface area contributed by atoms with Crippen LogP contribution in [-0.4, -0.2) is 39.2 Å². The zero-order valence-corrected chi connectivity index (χ0v) is 45.1. The van der Waals surface area contributed by atoms with Gasteiger partial charge in [-0.15, -0.1) is 0 Å². The fraction of sp³-hybridized carbons (Fsp3) is 0.354. The van der Waals surface area contributed by atoms with Crippen LogP contribution in [0.15, 0.2) is 109 Å². The standard InChI is InChI=1S/C65H74N2O4/c1-17-70-26-27-71-61-51(49-28-39(3)32-57(59(49)68)66-53-22-18-41(62(5,6)7)34-45(53)46-35-42(63(8,9)10)19-23-54(46)66)30-38(2)31-52(61)50-29-40(4)33-58(60(50)69)67-55-24-20-43(64(11,12)13)36-47(55)48-37-44(65(14,15)16)21-25-56(48)67/h18-25,28-37,68-69H,17,26-27H2,1-16H3. The molecule has 2 heterocycles. The van der Waals surface area contributed by atoms with Crippen LogP contribution >= 0.6 is 0 Å². The average Bonchev–Trinajstić information content (AvgIpc) is 3.79. The minimum atomic E-state index is -0.0490. The third-order valence-corrected chi connectivity index (χ3v) is 14.4. The lowest BCUT2D eigenvalue weighted by Crippen LogP contribution is -2.10. The quantitative estimate of drug-likeness (QED) is 0.141. The molecule has 0 amide bonds. The lowest BCUT2D eigenvalue weighted by atomic mass is 9.85. The van der Waals surface area contributed by atoms with Gasteiger partial charge in [0.15, 0.2) is 0 Å². The van der Waals surface area contributed by atoms with Gasteiger partial charge in [-0.2, -0.15) is 0 Å². The highest BCUT2D eigenvalue weighted by Gasteiger charge is 2.28. The van der Waals surface area contributed by atoms with Crippen LogP contribution in [0.2, 0.25) is 0 Å². The summed E-state index contributed by atoms with van der Waals surface area (Å²) in [6.07, 6.45) is 0. The maximum absolute atomic E-state index is 13.0. The summed E-state index contributed by atoms with van der Waals surface area (Å²) in [6, 6.07) is 39.5. The Balaban J connectivity index is 1.30. The number of aryl methyl sites for hydroxylation is 3. The van der Waals surface area contributed by atoms with Crippen molar-refractivity contribution in [2.75, 3.05) is 19.8 Å². The highest BCUT2D eigenvalue weighted by atomic mass is 16.5. The average molecular weight is 947 g/mol. The molecule has 0 spiro atoms. The lowest BCUT2D eigenvalue weighted by molar-refractivity contribution is 0.110. The second kappa shape index (κ2) is 17.7. The number of aromatic nitrogens is 2. The molecule has 0 aliphatic carbocycles. The van der Waals surface area contributed by atoms with Crippen molar-refractivity contribution >= 4 is 43.6 Å². The van der Waals surface area contributed by atoms with Gasteiger partial charge in [0.05, 0.1) is 40.0 Å². The molecule has 2 N–H and O–H groups in total. The molecule has 368 valence electrons. The van der Waals surface area contributed by atoms with Gasteiger partial charge >= 0.3 is 0 Å². The van der Waals surface area contributed by atoms with E-state index in [4.69, 9.17) is 9.47 Å². The summed E-state index contributed by atoms with van der Waals surface area (Å²) in [5.41, 5.74) is 16.0. The predicted molar refractivity (Wildman–Crippen MR) is 300 cm³/mol. The summed E-state index contributed by atoms with van der Waals surface area (Å²) >= 11 is 0. The van der Waals surface area contributed by atoms with E-state index < -0.39 is 0 Å². The van der Waals surface area contributed by atoms with E-state index in [2.05, 4.69) is 210 Å². The minimum Gasteiger partial charge on any atom is -0.505 e. The molecular weight excluding hydrogens is 873 g/mol. The van der Waals surface area contributed by atoms with Gasteiger partial charge < -0.3 is 28.8 Å². The number of nitrogens with zero attached hydrogens (tertiary/aromatic N) is 2. The van der Waals surface area contributed by atoms with Crippen LogP contribution < -0.4 is 4.74 Å². The largest absolute Gasteiger partial charge is 0.505 e. The Hall–Kier alpha value is -6.50. The van der Waals surface area contributed by atoms with Gasteiger partial charge in [-0.25, -0.2) is 0 Å². The van der Waals surface area contributed by atoms with Crippen molar-refractivity contribution in [3.05, 3.63) is 148 Å². The fourth-order valence-electron chi connectivity index (χ4n) is 10.4. The molecule has 0 unspecified atom stereocenters. The molecule has 6 heteroatoms. The second-order valence-corrected chi connectivity index (χ2v) is 24.2. The molecule has 7 aromatic carbocycles. The molecule has 9 rings (SSSR count). The Morgan fingerprint density at radius 1 is 0.394 bits per heavy atom. The highest BCUT2D eigenvalue weighted by Crippen LogP contribution is 2.50. The SMILES string of the molecule is CCOCCOc1c(-c2cc(C)cc(-n3c4ccc(C(C)(C)C)cc4c4cc(C(C)(C)C)ccc43)c2O)cc(C)cc1-c1cc(C)cc(-n2c3ccc(C(C)(C)C)cc3c3cc(C(C)(C)C)ccc32)c1O. The van der Waals surface area contributed by atoms with Gasteiger partial charge in [0.1, 0.15) is 23.9 Å². The molecule has 6 nitrogen and oxygen atoms in total. The van der Waals surface area contributed by atoms with Crippen molar-refractivity contribution < 1.29 is 19.7 Å². The van der Waals surface area contributed by atoms with E-state index in [1.54, 1.807) is 0 Å². The van der Waals surface area contributed by atoms with Crippen molar-refractivity contribution in [1.82, 2.24) is 9.13 Å². The number of benzene rings is 7. The lowest BCUT2D eigenvalue weighted by Gasteiger charge is -2.22. The van der Waals surface area contributed by atoms with Gasteiger partial charge in [-0.05, 0) is 173 Å². The predicted octanol–water partition coefficient (Wildman–Crippen LogP) is 17.2. The molecule has 9 aromatic rings. The Morgan fingerprint density at radius 2 is 0.690 bits per heavy atom. The number of aromatic hydroxyl groups is 2. The first-order chi connectivity index (χ1) is 33.3. The summed E-state index contributed by atoms with van der Waals surface area (Å²) in [4.78, 5) is 0. The molecule has 0 fully saturated rings. The van der Waals surface area contributed by atoms with Gasteiger partial charge in [0, 0.05) is 50.4 Å². The van der Waals surface area contributed by atoms with E-state index in [1.165, 1.54) is 22.3 Å². The Kier molecular flexibility index (Phi) is 12.3. The van der Waals surface area contributed by atoms with E-state index in [9.17, 15) is 10.2 Å². The van der Waals surface area contributed by atoms with Gasteiger partial charge in [0.25, 0.3) is 0 Å². The van der Waals surface area contributed by atoms with E-state index in [-0.39, 0.29) is 39.8 Å². The zero-order valence-electron chi connectivity index (χ0n) is 45.1. The third kappa shape index (κ3) is 8.98. The fourth-order valence-corrected chi connectivity index (χ4v) is 10.4. The first-order valence-corrected chi connectivity index (χ1v) is 25.5. The zero-order chi connectivity index (χ0) is 51.3. The van der Waals surface area contributed by atoms with Crippen LogP contribution in [0.25, 0.3) is 77.2 Å². The van der Waals surface area contributed by atoms with E-state index in [1.807, 2.05) is 19.1 Å². The van der Waals surface area contributed by atoms with Crippen molar-refractivity contribution in [2.24, 2.45) is 0 Å². The topological polar surface area (TPSA) is 68.8 Å². The van der Waals surface area contributed by atoms with Crippen molar-refractivity contribution in [2.45, 2.75) is 132 Å². The molecule has 0 bridgehead atoms. The van der Waals surface area contributed by atoms with E-state index in [0.717, 1.165) is 71.4 Å². The van der Waals surface area contributed by atoms with Crippen molar-refractivity contribution in [1.29, 1.82) is 0 Å². The van der Waals surface area contributed by atoms with Crippen LogP contribution in [0, 0.1) is 20.8 Å². The monoisotopic (exact) mass is 947 g/mol. The molecule has 0 atom stereocenters.